The molecular weight excluding hydrogens is 504 g/mol. The number of halogens is 1. The van der Waals surface area contributed by atoms with Crippen molar-refractivity contribution >= 4 is 52.2 Å². The standard InChI is InChI=1S/C26H19ClN2O6S/c27-20-12-22-21(34-15-35-22)11-17(20)13-29-25(31)23(36-26(29)32)10-16-5-4-8-19(9-16)33-14-24(30)28-18-6-2-1-3-7-18/h1-12H,13-15H2,(H,28,30)/b23-10-. The molecule has 10 heteroatoms. The third-order valence-electron chi connectivity index (χ3n) is 5.33. The van der Waals surface area contributed by atoms with Crippen molar-refractivity contribution in [2.24, 2.45) is 0 Å². The molecule has 0 radical (unpaired) electrons. The number of carbonyl (C=O) groups excluding carboxylic acids is 3. The van der Waals surface area contributed by atoms with E-state index in [0.717, 1.165) is 16.7 Å². The Bertz CT molecular complexity index is 1380. The first kappa shape index (κ1) is 23.8. The van der Waals surface area contributed by atoms with Gasteiger partial charge in [0, 0.05) is 16.8 Å². The number of hydrogen-bond acceptors (Lipinski definition) is 7. The number of benzene rings is 3. The summed E-state index contributed by atoms with van der Waals surface area (Å²) in [4.78, 5) is 39.1. The summed E-state index contributed by atoms with van der Waals surface area (Å²) in [6, 6.07) is 19.3. The average molecular weight is 523 g/mol. The van der Waals surface area contributed by atoms with Gasteiger partial charge in [0.05, 0.1) is 11.4 Å². The molecule has 3 amide bonds. The summed E-state index contributed by atoms with van der Waals surface area (Å²) < 4.78 is 16.3. The first-order valence-corrected chi connectivity index (χ1v) is 12.1. The molecule has 0 saturated carbocycles. The number of nitrogens with one attached hydrogen (secondary N) is 1. The zero-order valence-corrected chi connectivity index (χ0v) is 20.3. The Kier molecular flexibility index (Phi) is 6.84. The molecule has 3 aromatic rings. The lowest BCUT2D eigenvalue weighted by atomic mass is 10.1. The minimum Gasteiger partial charge on any atom is -0.484 e. The van der Waals surface area contributed by atoms with Crippen molar-refractivity contribution in [3.8, 4) is 17.2 Å². The average Bonchev–Trinajstić information content (AvgIpc) is 3.43. The molecule has 0 unspecified atom stereocenters. The molecule has 8 nitrogen and oxygen atoms in total. The highest BCUT2D eigenvalue weighted by Gasteiger charge is 2.35. The van der Waals surface area contributed by atoms with E-state index in [1.165, 1.54) is 0 Å². The van der Waals surface area contributed by atoms with E-state index >= 15 is 0 Å². The molecule has 0 spiro atoms. The second-order valence-electron chi connectivity index (χ2n) is 7.84. The maximum Gasteiger partial charge on any atom is 0.293 e. The second kappa shape index (κ2) is 10.3. The van der Waals surface area contributed by atoms with Crippen LogP contribution in [0.2, 0.25) is 5.02 Å². The first-order valence-electron chi connectivity index (χ1n) is 10.9. The van der Waals surface area contributed by atoms with Crippen LogP contribution in [-0.2, 0) is 16.1 Å². The molecule has 36 heavy (non-hydrogen) atoms. The summed E-state index contributed by atoms with van der Waals surface area (Å²) in [5, 5.41) is 2.73. The zero-order valence-electron chi connectivity index (χ0n) is 18.7. The molecule has 1 saturated heterocycles. The van der Waals surface area contributed by atoms with Crippen molar-refractivity contribution in [1.29, 1.82) is 0 Å². The van der Waals surface area contributed by atoms with E-state index in [4.69, 9.17) is 25.8 Å². The number of hydrogen-bond donors (Lipinski definition) is 1. The second-order valence-corrected chi connectivity index (χ2v) is 9.24. The third kappa shape index (κ3) is 5.32. The van der Waals surface area contributed by atoms with Crippen LogP contribution in [0.25, 0.3) is 6.08 Å². The normalized spacial score (nSPS) is 15.5. The van der Waals surface area contributed by atoms with Gasteiger partial charge in [0.2, 0.25) is 6.79 Å². The molecule has 2 aliphatic heterocycles. The monoisotopic (exact) mass is 522 g/mol. The summed E-state index contributed by atoms with van der Waals surface area (Å²) >= 11 is 7.16. The van der Waals surface area contributed by atoms with Gasteiger partial charge in [0.25, 0.3) is 17.1 Å². The summed E-state index contributed by atoms with van der Waals surface area (Å²) in [6.07, 6.45) is 1.61. The van der Waals surface area contributed by atoms with Crippen LogP contribution in [0.1, 0.15) is 11.1 Å². The topological polar surface area (TPSA) is 94.2 Å². The summed E-state index contributed by atoms with van der Waals surface area (Å²) in [5.74, 6) is 0.782. The molecule has 3 aromatic carbocycles. The van der Waals surface area contributed by atoms with Gasteiger partial charge in [0.1, 0.15) is 5.75 Å². The van der Waals surface area contributed by atoms with Crippen LogP contribution in [-0.4, -0.2) is 35.4 Å². The van der Waals surface area contributed by atoms with Gasteiger partial charge in [-0.05, 0) is 59.3 Å². The molecular formula is C26H19ClN2O6S. The fraction of sp³-hybridized carbons (Fsp3) is 0.115. The third-order valence-corrected chi connectivity index (χ3v) is 6.59. The Morgan fingerprint density at radius 3 is 2.64 bits per heavy atom. The minimum absolute atomic E-state index is 0.0111. The first-order chi connectivity index (χ1) is 17.5. The fourth-order valence-corrected chi connectivity index (χ4v) is 4.65. The van der Waals surface area contributed by atoms with Gasteiger partial charge in [-0.3, -0.25) is 19.3 Å². The van der Waals surface area contributed by atoms with Crippen LogP contribution >= 0.6 is 23.4 Å². The molecule has 0 bridgehead atoms. The Morgan fingerprint density at radius 1 is 1.06 bits per heavy atom. The molecule has 5 rings (SSSR count). The van der Waals surface area contributed by atoms with Crippen molar-refractivity contribution in [1.82, 2.24) is 4.90 Å². The SMILES string of the molecule is O=C(COc1cccc(/C=C2\SC(=O)N(Cc3cc4c(cc3Cl)OCO4)C2=O)c1)Nc1ccccc1. The Hall–Kier alpha value is -3.95. The van der Waals surface area contributed by atoms with Gasteiger partial charge in [-0.1, -0.05) is 41.9 Å². The van der Waals surface area contributed by atoms with E-state index in [-0.39, 0.29) is 30.8 Å². The summed E-state index contributed by atoms with van der Waals surface area (Å²) in [5.41, 5.74) is 1.91. The van der Waals surface area contributed by atoms with Crippen LogP contribution in [0.3, 0.4) is 0 Å². The molecule has 2 heterocycles. The van der Waals surface area contributed by atoms with Crippen LogP contribution in [0, 0.1) is 0 Å². The Balaban J connectivity index is 1.24. The number of thioether (sulfide) groups is 1. The van der Waals surface area contributed by atoms with Crippen LogP contribution < -0.4 is 19.5 Å². The van der Waals surface area contributed by atoms with Crippen molar-refractivity contribution in [2.45, 2.75) is 6.54 Å². The van der Waals surface area contributed by atoms with Crippen molar-refractivity contribution in [2.75, 3.05) is 18.7 Å². The highest BCUT2D eigenvalue weighted by atomic mass is 35.5. The number of carbonyl (C=O) groups is 3. The maximum atomic E-state index is 13.0. The fourth-order valence-electron chi connectivity index (χ4n) is 3.60. The molecule has 182 valence electrons. The smallest absolute Gasteiger partial charge is 0.293 e. The largest absolute Gasteiger partial charge is 0.484 e. The number of rotatable bonds is 7. The Morgan fingerprint density at radius 2 is 1.83 bits per heavy atom. The number of ether oxygens (including phenoxy) is 3. The molecule has 0 aliphatic carbocycles. The van der Waals surface area contributed by atoms with Crippen LogP contribution in [0.15, 0.2) is 71.6 Å². The number of imide groups is 1. The van der Waals surface area contributed by atoms with E-state index in [1.807, 2.05) is 18.2 Å². The molecule has 0 aromatic heterocycles. The molecule has 1 fully saturated rings. The number of anilines is 1. The number of para-hydroxylation sites is 1. The van der Waals surface area contributed by atoms with E-state index in [9.17, 15) is 14.4 Å². The summed E-state index contributed by atoms with van der Waals surface area (Å²) in [7, 11) is 0. The van der Waals surface area contributed by atoms with Crippen molar-refractivity contribution in [3.05, 3.63) is 87.8 Å². The lowest BCUT2D eigenvalue weighted by Crippen LogP contribution is -2.27. The van der Waals surface area contributed by atoms with Gasteiger partial charge in [0.15, 0.2) is 18.1 Å². The van der Waals surface area contributed by atoms with Gasteiger partial charge >= 0.3 is 0 Å². The van der Waals surface area contributed by atoms with Gasteiger partial charge in [-0.2, -0.15) is 0 Å². The maximum absolute atomic E-state index is 13.0. The van der Waals surface area contributed by atoms with Crippen LogP contribution in [0.5, 0.6) is 17.2 Å². The lowest BCUT2D eigenvalue weighted by molar-refractivity contribution is -0.123. The molecule has 0 atom stereocenters. The predicted octanol–water partition coefficient (Wildman–Crippen LogP) is 5.32. The van der Waals surface area contributed by atoms with E-state index in [0.29, 0.717) is 39.1 Å². The number of nitrogens with zero attached hydrogens (tertiary/aromatic N) is 1. The summed E-state index contributed by atoms with van der Waals surface area (Å²) in [6.45, 7) is -0.0672. The van der Waals surface area contributed by atoms with E-state index in [2.05, 4.69) is 5.32 Å². The molecule has 2 aliphatic rings. The quantitative estimate of drug-likeness (QED) is 0.419. The highest BCUT2D eigenvalue weighted by Crippen LogP contribution is 2.39. The van der Waals surface area contributed by atoms with E-state index < -0.39 is 11.1 Å². The number of amides is 3. The van der Waals surface area contributed by atoms with Crippen LogP contribution in [0.4, 0.5) is 10.5 Å². The van der Waals surface area contributed by atoms with E-state index in [1.54, 1.807) is 54.6 Å². The minimum atomic E-state index is -0.424. The van der Waals surface area contributed by atoms with Gasteiger partial charge < -0.3 is 19.5 Å². The van der Waals surface area contributed by atoms with Crippen molar-refractivity contribution in [3.63, 3.8) is 0 Å². The molecule has 1 N–H and O–H groups in total. The zero-order chi connectivity index (χ0) is 25.1. The highest BCUT2D eigenvalue weighted by molar-refractivity contribution is 8.18. The van der Waals surface area contributed by atoms with Crippen molar-refractivity contribution < 1.29 is 28.6 Å². The Labute approximate surface area is 215 Å². The van der Waals surface area contributed by atoms with Gasteiger partial charge in [-0.25, -0.2) is 0 Å². The number of fused-ring (bicyclic) bond motifs is 1. The lowest BCUT2D eigenvalue weighted by Gasteiger charge is -2.14. The van der Waals surface area contributed by atoms with Gasteiger partial charge in [-0.15, -0.1) is 0 Å². The predicted molar refractivity (Wildman–Crippen MR) is 136 cm³/mol.